The molecule has 0 radical (unpaired) electrons. The highest BCUT2D eigenvalue weighted by molar-refractivity contribution is 5.51. The van der Waals surface area contributed by atoms with Gasteiger partial charge in [0.2, 0.25) is 0 Å². The van der Waals surface area contributed by atoms with Crippen molar-refractivity contribution in [1.29, 1.82) is 0 Å². The Balaban J connectivity index is 2.04. The first kappa shape index (κ1) is 11.3. The minimum atomic E-state index is 0.418. The van der Waals surface area contributed by atoms with Crippen LogP contribution < -0.4 is 15.2 Å². The van der Waals surface area contributed by atoms with E-state index in [-0.39, 0.29) is 0 Å². The first-order valence-corrected chi connectivity index (χ1v) is 5.25. The van der Waals surface area contributed by atoms with Crippen molar-refractivity contribution in [3.63, 3.8) is 0 Å². The summed E-state index contributed by atoms with van der Waals surface area (Å²) in [6.07, 6.45) is 3.37. The molecule has 1 heterocycles. The Kier molecular flexibility index (Phi) is 3.45. The maximum absolute atomic E-state index is 5.89. The first-order chi connectivity index (χ1) is 8.29. The molecule has 0 aliphatic carbocycles. The number of methoxy groups -OCH3 is 1. The second-order valence-corrected chi connectivity index (χ2v) is 3.54. The van der Waals surface area contributed by atoms with Gasteiger partial charge >= 0.3 is 0 Å². The molecule has 0 spiro atoms. The molecule has 0 bridgehead atoms. The average molecular weight is 230 g/mol. The maximum Gasteiger partial charge on any atom is 0.138 e. The number of pyridine rings is 1. The molecule has 4 nitrogen and oxygen atoms in total. The quantitative estimate of drug-likeness (QED) is 0.818. The number of aromatic nitrogens is 1. The van der Waals surface area contributed by atoms with Gasteiger partial charge in [0.1, 0.15) is 18.1 Å². The van der Waals surface area contributed by atoms with Gasteiger partial charge in [0.15, 0.2) is 0 Å². The summed E-state index contributed by atoms with van der Waals surface area (Å²) in [7, 11) is 1.61. The van der Waals surface area contributed by atoms with Gasteiger partial charge in [-0.1, -0.05) is 0 Å². The van der Waals surface area contributed by atoms with E-state index in [1.54, 1.807) is 25.6 Å². The molecule has 2 N–H and O–H groups in total. The second kappa shape index (κ2) is 5.21. The molecule has 0 aliphatic rings. The predicted octanol–water partition coefficient (Wildman–Crippen LogP) is 2.25. The van der Waals surface area contributed by atoms with Crippen molar-refractivity contribution in [2.75, 3.05) is 12.8 Å². The van der Waals surface area contributed by atoms with E-state index in [1.165, 1.54) is 0 Å². The summed E-state index contributed by atoms with van der Waals surface area (Å²) in [5, 5.41) is 0. The molecular weight excluding hydrogens is 216 g/mol. The molecule has 4 heteroatoms. The number of benzene rings is 1. The van der Waals surface area contributed by atoms with Crippen molar-refractivity contribution >= 4 is 5.69 Å². The summed E-state index contributed by atoms with van der Waals surface area (Å²) < 4.78 is 10.6. The molecule has 2 aromatic rings. The van der Waals surface area contributed by atoms with Crippen molar-refractivity contribution in [3.8, 4) is 11.5 Å². The summed E-state index contributed by atoms with van der Waals surface area (Å²) in [5.74, 6) is 1.47. The second-order valence-electron chi connectivity index (χ2n) is 3.54. The summed E-state index contributed by atoms with van der Waals surface area (Å²) in [6.45, 7) is 0.418. The van der Waals surface area contributed by atoms with Crippen LogP contribution in [0.3, 0.4) is 0 Å². The number of ether oxygens (including phenoxy) is 2. The fourth-order valence-electron chi connectivity index (χ4n) is 1.42. The lowest BCUT2D eigenvalue weighted by Crippen LogP contribution is -2.00. The lowest BCUT2D eigenvalue weighted by molar-refractivity contribution is 0.305. The van der Waals surface area contributed by atoms with Gasteiger partial charge in [-0.25, -0.2) is 0 Å². The lowest BCUT2D eigenvalue weighted by Gasteiger charge is -2.09. The van der Waals surface area contributed by atoms with Crippen molar-refractivity contribution in [2.24, 2.45) is 0 Å². The topological polar surface area (TPSA) is 57.4 Å². The van der Waals surface area contributed by atoms with Gasteiger partial charge in [0.05, 0.1) is 13.3 Å². The smallest absolute Gasteiger partial charge is 0.138 e. The van der Waals surface area contributed by atoms with Crippen LogP contribution in [-0.4, -0.2) is 12.1 Å². The molecule has 1 aromatic heterocycles. The molecule has 0 atom stereocenters. The molecule has 0 unspecified atom stereocenters. The fraction of sp³-hybridized carbons (Fsp3) is 0.154. The van der Waals surface area contributed by atoms with E-state index >= 15 is 0 Å². The Hall–Kier alpha value is -2.23. The SMILES string of the molecule is COc1ccc(COc2cccnc2)c(N)c1. The normalized spacial score (nSPS) is 9.94. The van der Waals surface area contributed by atoms with Crippen molar-refractivity contribution in [2.45, 2.75) is 6.61 Å². The molecule has 0 amide bonds. The van der Waals surface area contributed by atoms with E-state index in [4.69, 9.17) is 15.2 Å². The van der Waals surface area contributed by atoms with Crippen LogP contribution >= 0.6 is 0 Å². The minimum absolute atomic E-state index is 0.418. The van der Waals surface area contributed by atoms with Gasteiger partial charge in [-0.2, -0.15) is 0 Å². The van der Waals surface area contributed by atoms with Crippen LogP contribution in [-0.2, 0) is 6.61 Å². The van der Waals surface area contributed by atoms with E-state index in [9.17, 15) is 0 Å². The highest BCUT2D eigenvalue weighted by Crippen LogP contribution is 2.21. The molecule has 1 aromatic carbocycles. The molecule has 0 saturated heterocycles. The van der Waals surface area contributed by atoms with Crippen LogP contribution in [0.25, 0.3) is 0 Å². The summed E-state index contributed by atoms with van der Waals surface area (Å²) in [6, 6.07) is 9.21. The Bertz CT molecular complexity index is 486. The van der Waals surface area contributed by atoms with Gasteiger partial charge in [0, 0.05) is 23.5 Å². The van der Waals surface area contributed by atoms with E-state index < -0.39 is 0 Å². The van der Waals surface area contributed by atoms with Gasteiger partial charge < -0.3 is 15.2 Å². The Morgan fingerprint density at radius 2 is 2.12 bits per heavy atom. The Morgan fingerprint density at radius 1 is 1.24 bits per heavy atom. The van der Waals surface area contributed by atoms with E-state index in [2.05, 4.69) is 4.98 Å². The zero-order valence-electron chi connectivity index (χ0n) is 9.59. The largest absolute Gasteiger partial charge is 0.497 e. The van der Waals surface area contributed by atoms with Crippen LogP contribution in [0, 0.1) is 0 Å². The molecule has 0 saturated carbocycles. The van der Waals surface area contributed by atoms with Crippen molar-refractivity contribution in [3.05, 3.63) is 48.3 Å². The van der Waals surface area contributed by atoms with Crippen LogP contribution in [0.15, 0.2) is 42.7 Å². The Morgan fingerprint density at radius 3 is 2.76 bits per heavy atom. The number of nitrogens with two attached hydrogens (primary N) is 1. The molecule has 88 valence electrons. The highest BCUT2D eigenvalue weighted by atomic mass is 16.5. The molecule has 0 fully saturated rings. The Labute approximate surface area is 100 Å². The fourth-order valence-corrected chi connectivity index (χ4v) is 1.42. The first-order valence-electron chi connectivity index (χ1n) is 5.25. The average Bonchev–Trinajstić information content (AvgIpc) is 2.38. The highest BCUT2D eigenvalue weighted by Gasteiger charge is 2.02. The van der Waals surface area contributed by atoms with Gasteiger partial charge in [-0.3, -0.25) is 4.98 Å². The summed E-state index contributed by atoms with van der Waals surface area (Å²) in [5.41, 5.74) is 7.47. The third-order valence-corrected chi connectivity index (χ3v) is 2.38. The zero-order chi connectivity index (χ0) is 12.1. The molecular formula is C13H14N2O2. The van der Waals surface area contributed by atoms with Gasteiger partial charge in [0.25, 0.3) is 0 Å². The van der Waals surface area contributed by atoms with Crippen LogP contribution in [0.4, 0.5) is 5.69 Å². The minimum Gasteiger partial charge on any atom is -0.497 e. The lowest BCUT2D eigenvalue weighted by atomic mass is 10.2. The molecule has 0 aliphatic heterocycles. The predicted molar refractivity (Wildman–Crippen MR) is 66.0 cm³/mol. The summed E-state index contributed by atoms with van der Waals surface area (Å²) in [4.78, 5) is 3.97. The molecule has 2 rings (SSSR count). The molecule has 17 heavy (non-hydrogen) atoms. The zero-order valence-corrected chi connectivity index (χ0v) is 9.59. The van der Waals surface area contributed by atoms with Crippen LogP contribution in [0.1, 0.15) is 5.56 Å². The van der Waals surface area contributed by atoms with E-state index in [0.717, 1.165) is 17.1 Å². The van der Waals surface area contributed by atoms with E-state index in [1.807, 2.05) is 24.3 Å². The number of nitrogen functional groups attached to an aromatic ring is 1. The monoisotopic (exact) mass is 230 g/mol. The number of hydrogen-bond donors (Lipinski definition) is 1. The number of hydrogen-bond acceptors (Lipinski definition) is 4. The van der Waals surface area contributed by atoms with Crippen molar-refractivity contribution in [1.82, 2.24) is 4.98 Å². The standard InChI is InChI=1S/C13H14N2O2/c1-16-11-5-4-10(13(14)7-11)9-17-12-3-2-6-15-8-12/h2-8H,9,14H2,1H3. The van der Waals surface area contributed by atoms with Gasteiger partial charge in [-0.05, 0) is 24.3 Å². The number of nitrogens with zero attached hydrogens (tertiary/aromatic N) is 1. The third kappa shape index (κ3) is 2.87. The maximum atomic E-state index is 5.89. The van der Waals surface area contributed by atoms with E-state index in [0.29, 0.717) is 12.3 Å². The third-order valence-electron chi connectivity index (χ3n) is 2.38. The number of rotatable bonds is 4. The number of anilines is 1. The van der Waals surface area contributed by atoms with Gasteiger partial charge in [-0.15, -0.1) is 0 Å². The van der Waals surface area contributed by atoms with Crippen LogP contribution in [0.5, 0.6) is 11.5 Å². The van der Waals surface area contributed by atoms with Crippen molar-refractivity contribution < 1.29 is 9.47 Å². The summed E-state index contributed by atoms with van der Waals surface area (Å²) >= 11 is 0. The van der Waals surface area contributed by atoms with Crippen LogP contribution in [0.2, 0.25) is 0 Å².